The van der Waals surface area contributed by atoms with Crippen LogP contribution in [0.2, 0.25) is 0 Å². The van der Waals surface area contributed by atoms with E-state index < -0.39 is 127 Å². The summed E-state index contributed by atoms with van der Waals surface area (Å²) in [6, 6.07) is 2.65. The first-order valence-electron chi connectivity index (χ1n) is 29.0. The van der Waals surface area contributed by atoms with Crippen LogP contribution in [0.4, 0.5) is 0 Å². The highest BCUT2D eigenvalue weighted by molar-refractivity contribution is 6.00. The number of amides is 11. The number of aromatic amines is 4. The van der Waals surface area contributed by atoms with Crippen LogP contribution in [0.3, 0.4) is 0 Å². The summed E-state index contributed by atoms with van der Waals surface area (Å²) in [6.07, 6.45) is 10.4. The van der Waals surface area contributed by atoms with Gasteiger partial charge in [0.1, 0.15) is 54.4 Å². The van der Waals surface area contributed by atoms with Gasteiger partial charge in [0, 0.05) is 96.6 Å². The fourth-order valence-electron chi connectivity index (χ4n) is 10.7. The molecule has 0 radical (unpaired) electrons. The van der Waals surface area contributed by atoms with Gasteiger partial charge in [-0.05, 0) is 75.3 Å². The van der Waals surface area contributed by atoms with E-state index in [-0.39, 0.29) is 57.4 Å². The van der Waals surface area contributed by atoms with E-state index in [0.29, 0.717) is 60.1 Å². The van der Waals surface area contributed by atoms with Crippen molar-refractivity contribution in [2.24, 2.45) is 11.5 Å². The number of primary amides is 1. The van der Waals surface area contributed by atoms with Crippen LogP contribution in [0.25, 0.3) is 21.8 Å². The van der Waals surface area contributed by atoms with E-state index in [0.717, 1.165) is 16.4 Å². The molecule has 30 heteroatoms. The standard InChI is InChI=1S/C58H74N18O12/c1-31(50(80)71-42(19-32-23-63-38-11-4-2-9-36(32)38)53(83)70-41(13-6-7-17-59)58(88)76-18-8-14-47(76)57(87)65-27-48(60)78)68-52(82)44(21-34-25-61-29-66-34)74-56(86)46(28-77)75-54(84)43(20-33-24-64-39-12-5-3-10-37(33)39)72-55(85)45(22-35-26-62-30-67-35)73-51(81)40-15-16-49(79)69-40/h2-5,9-12,23-26,29-31,40-47,63-64,77H,6-8,13-22,27-28,59H2,1H3,(H2,60,78)(H,61,66)(H,62,67)(H,65,87)(H,68,82)(H,69,79)(H,70,83)(H,71,80)(H,72,85)(H,73,81)(H,74,86)(H,75,84)/t31-,40+,41+,42+,43+,44+,45+,46+,47+/m1/s1. The Kier molecular flexibility index (Phi) is 22.1. The predicted molar refractivity (Wildman–Crippen MR) is 316 cm³/mol. The molecule has 18 N–H and O–H groups in total. The fraction of sp³-hybridized carbons (Fsp3) is 0.431. The number of hydrogen-bond donors (Lipinski definition) is 16. The monoisotopic (exact) mass is 1210 g/mol. The maximum Gasteiger partial charge on any atom is 0.245 e. The summed E-state index contributed by atoms with van der Waals surface area (Å²) in [5.41, 5.74) is 14.5. The number of carbonyl (C=O) groups excluding carboxylic acids is 11. The molecule has 2 saturated heterocycles. The number of para-hydroxylation sites is 2. The van der Waals surface area contributed by atoms with Crippen molar-refractivity contribution in [2.45, 2.75) is 132 Å². The van der Waals surface area contributed by atoms with Crippen LogP contribution in [0.1, 0.15) is 74.4 Å². The zero-order valence-corrected chi connectivity index (χ0v) is 48.3. The molecule has 0 spiro atoms. The summed E-state index contributed by atoms with van der Waals surface area (Å²) < 4.78 is 0. The average molecular weight is 1220 g/mol. The topological polar surface area (TPSA) is 460 Å². The number of hydrogen-bond acceptors (Lipinski definition) is 15. The molecule has 88 heavy (non-hydrogen) atoms. The second kappa shape index (κ2) is 30.4. The highest BCUT2D eigenvalue weighted by atomic mass is 16.3. The molecule has 2 aromatic carbocycles. The number of unbranched alkanes of at least 4 members (excludes halogenated alkanes) is 1. The first-order chi connectivity index (χ1) is 42.4. The third-order valence-corrected chi connectivity index (χ3v) is 15.4. The number of aliphatic hydroxyl groups is 1. The van der Waals surface area contributed by atoms with Crippen molar-refractivity contribution in [3.8, 4) is 0 Å². The second-order valence-electron chi connectivity index (χ2n) is 21.8. The Balaban J connectivity index is 0.979. The zero-order valence-electron chi connectivity index (χ0n) is 48.3. The van der Waals surface area contributed by atoms with Crippen molar-refractivity contribution < 1.29 is 57.8 Å². The molecule has 0 saturated carbocycles. The molecule has 6 heterocycles. The molecule has 4 aromatic heterocycles. The van der Waals surface area contributed by atoms with E-state index in [2.05, 4.69) is 77.8 Å². The van der Waals surface area contributed by atoms with Gasteiger partial charge in [0.25, 0.3) is 0 Å². The highest BCUT2D eigenvalue weighted by Gasteiger charge is 2.40. The number of aromatic nitrogens is 6. The summed E-state index contributed by atoms with van der Waals surface area (Å²) in [5.74, 6) is -8.20. The minimum absolute atomic E-state index is 0.101. The lowest BCUT2D eigenvalue weighted by Crippen LogP contribution is -2.61. The van der Waals surface area contributed by atoms with Crippen LogP contribution in [0, 0.1) is 0 Å². The Morgan fingerprint density at radius 3 is 1.66 bits per heavy atom. The first kappa shape index (κ1) is 64.0. The molecule has 468 valence electrons. The number of H-pyrrole nitrogens is 4. The Morgan fingerprint density at radius 2 is 1.14 bits per heavy atom. The fourth-order valence-corrected chi connectivity index (χ4v) is 10.7. The van der Waals surface area contributed by atoms with E-state index in [1.165, 1.54) is 36.9 Å². The van der Waals surface area contributed by atoms with Crippen molar-refractivity contribution >= 4 is 86.8 Å². The average Bonchev–Trinajstić information content (AvgIpc) is 2.78. The lowest BCUT2D eigenvalue weighted by Gasteiger charge is -2.30. The second-order valence-corrected chi connectivity index (χ2v) is 21.8. The molecule has 11 amide bonds. The number of aliphatic hydroxyl groups excluding tert-OH is 1. The summed E-state index contributed by atoms with van der Waals surface area (Å²) in [5, 5.41) is 35.8. The Hall–Kier alpha value is -9.97. The number of fused-ring (bicyclic) bond motifs is 2. The lowest BCUT2D eigenvalue weighted by molar-refractivity contribution is -0.142. The summed E-state index contributed by atoms with van der Waals surface area (Å²) in [7, 11) is 0. The molecule has 8 rings (SSSR count). The van der Waals surface area contributed by atoms with Gasteiger partial charge in [-0.2, -0.15) is 0 Å². The predicted octanol–water partition coefficient (Wildman–Crippen LogP) is -3.23. The van der Waals surface area contributed by atoms with Gasteiger partial charge in [-0.1, -0.05) is 36.4 Å². The number of imidazole rings is 2. The third kappa shape index (κ3) is 16.9. The number of nitrogens with one attached hydrogen (secondary N) is 13. The van der Waals surface area contributed by atoms with Crippen LogP contribution < -0.4 is 59.3 Å². The zero-order chi connectivity index (χ0) is 62.9. The Labute approximate surface area is 503 Å². The van der Waals surface area contributed by atoms with Gasteiger partial charge in [-0.3, -0.25) is 52.7 Å². The van der Waals surface area contributed by atoms with Gasteiger partial charge in [0.2, 0.25) is 65.0 Å². The minimum atomic E-state index is -1.75. The number of carbonyl (C=O) groups is 11. The third-order valence-electron chi connectivity index (χ3n) is 15.4. The van der Waals surface area contributed by atoms with E-state index in [1.54, 1.807) is 36.7 Å². The Morgan fingerprint density at radius 1 is 0.625 bits per heavy atom. The van der Waals surface area contributed by atoms with Gasteiger partial charge in [0.15, 0.2) is 0 Å². The molecule has 6 aromatic rings. The largest absolute Gasteiger partial charge is 0.394 e. The van der Waals surface area contributed by atoms with Crippen molar-refractivity contribution in [1.82, 2.24) is 82.7 Å². The number of benzene rings is 2. The smallest absolute Gasteiger partial charge is 0.245 e. The van der Waals surface area contributed by atoms with Crippen LogP contribution in [-0.4, -0.2) is 186 Å². The quantitative estimate of drug-likeness (QED) is 0.0190. The minimum Gasteiger partial charge on any atom is -0.394 e. The molecule has 9 atom stereocenters. The van der Waals surface area contributed by atoms with Gasteiger partial charge in [-0.15, -0.1) is 0 Å². The molecule has 30 nitrogen and oxygen atoms in total. The van der Waals surface area contributed by atoms with Gasteiger partial charge in [0.05, 0.1) is 25.8 Å². The summed E-state index contributed by atoms with van der Waals surface area (Å²) in [6.45, 7) is 0.394. The molecule has 2 aliphatic heterocycles. The molecule has 0 bridgehead atoms. The number of rotatable bonds is 31. The number of nitrogens with zero attached hydrogens (tertiary/aromatic N) is 3. The van der Waals surface area contributed by atoms with Crippen molar-refractivity contribution in [2.75, 3.05) is 26.2 Å². The maximum absolute atomic E-state index is 14.6. The number of nitrogens with two attached hydrogens (primary N) is 2. The van der Waals surface area contributed by atoms with E-state index >= 15 is 0 Å². The summed E-state index contributed by atoms with van der Waals surface area (Å²) >= 11 is 0. The lowest BCUT2D eigenvalue weighted by atomic mass is 10.0. The highest BCUT2D eigenvalue weighted by Crippen LogP contribution is 2.23. The molecule has 2 aliphatic rings. The van der Waals surface area contributed by atoms with Crippen LogP contribution in [-0.2, 0) is 78.4 Å². The molecule has 0 unspecified atom stereocenters. The molecular formula is C58H74N18O12. The Bertz CT molecular complexity index is 3460. The van der Waals surface area contributed by atoms with Crippen molar-refractivity contribution in [3.63, 3.8) is 0 Å². The van der Waals surface area contributed by atoms with Crippen molar-refractivity contribution in [3.05, 3.63) is 108 Å². The SMILES string of the molecule is C[C@@H](NC(=O)[C@H](Cc1cnc[nH]1)NC(=O)[C@H](CO)NC(=O)[C@H](Cc1c[nH]c2ccccc12)NC(=O)[C@H](Cc1cnc[nH]1)NC(=O)[C@@H]1CCC(=O)N1)C(=O)N[C@@H](Cc1c[nH]c2ccccc12)C(=O)N[C@@H](CCCCN)C(=O)N1CCC[C@H]1C(=O)NCC(N)=O. The van der Waals surface area contributed by atoms with Crippen molar-refractivity contribution in [1.29, 1.82) is 0 Å². The molecule has 2 fully saturated rings. The number of likely N-dealkylation sites (tertiary alicyclic amines) is 1. The van der Waals surface area contributed by atoms with Crippen LogP contribution >= 0.6 is 0 Å². The first-order valence-corrected chi connectivity index (χ1v) is 29.0. The van der Waals surface area contributed by atoms with Crippen LogP contribution in [0.5, 0.6) is 0 Å². The van der Waals surface area contributed by atoms with Crippen LogP contribution in [0.15, 0.2) is 86.0 Å². The molecular weight excluding hydrogens is 1140 g/mol. The van der Waals surface area contributed by atoms with Gasteiger partial charge >= 0.3 is 0 Å². The van der Waals surface area contributed by atoms with E-state index in [1.807, 2.05) is 24.3 Å². The normalized spacial score (nSPS) is 17.1. The summed E-state index contributed by atoms with van der Waals surface area (Å²) in [4.78, 5) is 172. The van der Waals surface area contributed by atoms with Gasteiger partial charge in [-0.25, -0.2) is 9.97 Å². The van der Waals surface area contributed by atoms with Gasteiger partial charge < -0.3 is 89.3 Å². The van der Waals surface area contributed by atoms with E-state index in [4.69, 9.17) is 11.5 Å². The van der Waals surface area contributed by atoms with E-state index in [9.17, 15) is 57.8 Å². The molecule has 0 aliphatic carbocycles. The maximum atomic E-state index is 14.6.